The zero-order valence-corrected chi connectivity index (χ0v) is 10.2. The van der Waals surface area contributed by atoms with Crippen molar-refractivity contribution >= 4 is 28.7 Å². The molecule has 0 amide bonds. The standard InChI is InChI=1S/C10H10ClN3O4/c1-5-9(11)7(13(15)16)4-8(14(17)18)10(5)12-6-2-3-6/h4,6,12H,2-3H2,1H3. The highest BCUT2D eigenvalue weighted by Gasteiger charge is 2.31. The van der Waals surface area contributed by atoms with E-state index in [2.05, 4.69) is 5.32 Å². The van der Waals surface area contributed by atoms with E-state index in [0.717, 1.165) is 18.9 Å². The van der Waals surface area contributed by atoms with Crippen molar-refractivity contribution in [3.63, 3.8) is 0 Å². The van der Waals surface area contributed by atoms with Crippen molar-refractivity contribution in [3.05, 3.63) is 36.9 Å². The van der Waals surface area contributed by atoms with Crippen molar-refractivity contribution in [2.45, 2.75) is 25.8 Å². The molecular weight excluding hydrogens is 262 g/mol. The molecule has 0 heterocycles. The number of hydrogen-bond donors (Lipinski definition) is 1. The van der Waals surface area contributed by atoms with Crippen molar-refractivity contribution in [3.8, 4) is 0 Å². The van der Waals surface area contributed by atoms with Gasteiger partial charge in [-0.15, -0.1) is 0 Å². The summed E-state index contributed by atoms with van der Waals surface area (Å²) in [5.74, 6) is 0. The van der Waals surface area contributed by atoms with Crippen LogP contribution in [0.2, 0.25) is 5.02 Å². The Morgan fingerprint density at radius 2 is 1.83 bits per heavy atom. The quantitative estimate of drug-likeness (QED) is 0.670. The minimum atomic E-state index is -0.719. The lowest BCUT2D eigenvalue weighted by Gasteiger charge is -2.10. The van der Waals surface area contributed by atoms with Gasteiger partial charge in [-0.25, -0.2) is 0 Å². The Morgan fingerprint density at radius 1 is 1.28 bits per heavy atom. The first kappa shape index (κ1) is 12.6. The van der Waals surface area contributed by atoms with Crippen LogP contribution >= 0.6 is 11.6 Å². The fourth-order valence-electron chi connectivity index (χ4n) is 1.65. The molecule has 0 aliphatic heterocycles. The third-order valence-electron chi connectivity index (χ3n) is 2.78. The highest BCUT2D eigenvalue weighted by molar-refractivity contribution is 6.34. The van der Waals surface area contributed by atoms with Crippen molar-refractivity contribution in [1.29, 1.82) is 0 Å². The first-order chi connectivity index (χ1) is 8.41. The van der Waals surface area contributed by atoms with Gasteiger partial charge in [-0.2, -0.15) is 0 Å². The Balaban J connectivity index is 2.58. The molecule has 0 bridgehead atoms. The minimum Gasteiger partial charge on any atom is -0.376 e. The second-order valence-corrected chi connectivity index (χ2v) is 4.54. The zero-order chi connectivity index (χ0) is 13.4. The number of nitro groups is 2. The number of benzene rings is 1. The highest BCUT2D eigenvalue weighted by atomic mass is 35.5. The van der Waals surface area contributed by atoms with E-state index < -0.39 is 15.5 Å². The Labute approximate surface area is 107 Å². The summed E-state index contributed by atoms with van der Waals surface area (Å²) in [4.78, 5) is 20.4. The fraction of sp³-hybridized carbons (Fsp3) is 0.400. The lowest BCUT2D eigenvalue weighted by atomic mass is 10.1. The van der Waals surface area contributed by atoms with E-state index in [-0.39, 0.29) is 22.4 Å². The normalized spacial score (nSPS) is 14.3. The summed E-state index contributed by atoms with van der Waals surface area (Å²) in [7, 11) is 0. The van der Waals surface area contributed by atoms with Crippen LogP contribution in [0.15, 0.2) is 6.07 Å². The minimum absolute atomic E-state index is 0.0613. The maximum Gasteiger partial charge on any atom is 0.299 e. The van der Waals surface area contributed by atoms with Crippen LogP contribution in [0.3, 0.4) is 0 Å². The van der Waals surface area contributed by atoms with Crippen LogP contribution in [0.1, 0.15) is 18.4 Å². The molecule has 18 heavy (non-hydrogen) atoms. The van der Waals surface area contributed by atoms with Gasteiger partial charge in [-0.3, -0.25) is 20.2 Å². The monoisotopic (exact) mass is 271 g/mol. The molecule has 1 fully saturated rings. The SMILES string of the molecule is Cc1c(Cl)c([N+](=O)[O-])cc([N+](=O)[O-])c1NC1CC1. The number of nitrogens with one attached hydrogen (secondary N) is 1. The van der Waals surface area contributed by atoms with Crippen molar-refractivity contribution in [2.75, 3.05) is 5.32 Å². The summed E-state index contributed by atoms with van der Waals surface area (Å²) in [5, 5.41) is 24.7. The van der Waals surface area contributed by atoms with Crippen LogP contribution < -0.4 is 5.32 Å². The second-order valence-electron chi connectivity index (χ2n) is 4.16. The smallest absolute Gasteiger partial charge is 0.299 e. The molecule has 1 aliphatic carbocycles. The van der Waals surface area contributed by atoms with Gasteiger partial charge in [0.2, 0.25) is 0 Å². The van der Waals surface area contributed by atoms with E-state index in [4.69, 9.17) is 11.6 Å². The molecule has 7 nitrogen and oxygen atoms in total. The summed E-state index contributed by atoms with van der Waals surface area (Å²) >= 11 is 5.87. The van der Waals surface area contributed by atoms with E-state index in [1.807, 2.05) is 0 Å². The van der Waals surface area contributed by atoms with Gasteiger partial charge in [0.1, 0.15) is 10.7 Å². The lowest BCUT2D eigenvalue weighted by molar-refractivity contribution is -0.393. The van der Waals surface area contributed by atoms with E-state index >= 15 is 0 Å². The first-order valence-electron chi connectivity index (χ1n) is 5.30. The number of rotatable bonds is 4. The summed E-state index contributed by atoms with van der Waals surface area (Å²) in [6.45, 7) is 1.53. The van der Waals surface area contributed by atoms with Crippen molar-refractivity contribution in [1.82, 2.24) is 0 Å². The van der Waals surface area contributed by atoms with Crippen LogP contribution in [-0.2, 0) is 0 Å². The number of hydrogen-bond acceptors (Lipinski definition) is 5. The Morgan fingerprint density at radius 3 is 2.28 bits per heavy atom. The molecule has 0 atom stereocenters. The van der Waals surface area contributed by atoms with Crippen LogP contribution in [0.5, 0.6) is 0 Å². The number of anilines is 1. The predicted octanol–water partition coefficient (Wildman–Crippen LogP) is 3.04. The van der Waals surface area contributed by atoms with Gasteiger partial charge in [-0.05, 0) is 19.8 Å². The van der Waals surface area contributed by atoms with Gasteiger partial charge in [0.05, 0.1) is 15.9 Å². The molecule has 0 spiro atoms. The Hall–Kier alpha value is -1.89. The summed E-state index contributed by atoms with van der Waals surface area (Å²) in [6, 6.07) is 1.10. The summed E-state index contributed by atoms with van der Waals surface area (Å²) in [5.41, 5.74) is -0.139. The number of nitro benzene ring substituents is 2. The molecular formula is C10H10ClN3O4. The molecule has 0 unspecified atom stereocenters. The topological polar surface area (TPSA) is 98.3 Å². The lowest BCUT2D eigenvalue weighted by Crippen LogP contribution is -2.07. The van der Waals surface area contributed by atoms with Crippen molar-refractivity contribution in [2.24, 2.45) is 0 Å². The predicted molar refractivity (Wildman–Crippen MR) is 66.1 cm³/mol. The number of nitrogens with zero attached hydrogens (tertiary/aromatic N) is 2. The van der Waals surface area contributed by atoms with Crippen molar-refractivity contribution < 1.29 is 9.85 Å². The van der Waals surface area contributed by atoms with Gasteiger partial charge in [-0.1, -0.05) is 11.6 Å². The molecule has 2 rings (SSSR count). The van der Waals surface area contributed by atoms with Crippen LogP contribution in [-0.4, -0.2) is 15.9 Å². The Kier molecular flexibility index (Phi) is 3.08. The van der Waals surface area contributed by atoms with Gasteiger partial charge in [0.25, 0.3) is 11.4 Å². The van der Waals surface area contributed by atoms with Crippen LogP contribution in [0, 0.1) is 27.2 Å². The average Bonchev–Trinajstić information content (AvgIpc) is 3.08. The number of halogens is 1. The maximum absolute atomic E-state index is 11.0. The van der Waals surface area contributed by atoms with Gasteiger partial charge >= 0.3 is 0 Å². The van der Waals surface area contributed by atoms with Crippen LogP contribution in [0.25, 0.3) is 0 Å². The third kappa shape index (κ3) is 2.21. The van der Waals surface area contributed by atoms with E-state index in [1.54, 1.807) is 0 Å². The summed E-state index contributed by atoms with van der Waals surface area (Å²) < 4.78 is 0. The molecule has 96 valence electrons. The molecule has 1 aromatic rings. The van der Waals surface area contributed by atoms with Crippen LogP contribution in [0.4, 0.5) is 17.1 Å². The zero-order valence-electron chi connectivity index (χ0n) is 9.47. The maximum atomic E-state index is 11.0. The summed E-state index contributed by atoms with van der Waals surface area (Å²) in [6.07, 6.45) is 1.87. The fourth-order valence-corrected chi connectivity index (χ4v) is 1.87. The average molecular weight is 272 g/mol. The third-order valence-corrected chi connectivity index (χ3v) is 3.25. The van der Waals surface area contributed by atoms with E-state index in [9.17, 15) is 20.2 Å². The molecule has 0 radical (unpaired) electrons. The van der Waals surface area contributed by atoms with E-state index in [0.29, 0.717) is 5.56 Å². The largest absolute Gasteiger partial charge is 0.376 e. The van der Waals surface area contributed by atoms with E-state index in [1.165, 1.54) is 6.92 Å². The van der Waals surface area contributed by atoms with Gasteiger partial charge < -0.3 is 5.32 Å². The molecule has 1 N–H and O–H groups in total. The first-order valence-corrected chi connectivity index (χ1v) is 5.68. The molecule has 1 aromatic carbocycles. The second kappa shape index (κ2) is 4.41. The van der Waals surface area contributed by atoms with Gasteiger partial charge in [0.15, 0.2) is 0 Å². The highest BCUT2D eigenvalue weighted by Crippen LogP contribution is 2.41. The molecule has 0 saturated heterocycles. The Bertz CT molecular complexity index is 542. The molecule has 0 aromatic heterocycles. The van der Waals surface area contributed by atoms with Gasteiger partial charge in [0, 0.05) is 11.6 Å². The molecule has 8 heteroatoms. The molecule has 1 aliphatic rings. The molecule has 1 saturated carbocycles.